The first-order chi connectivity index (χ1) is 8.31. The van der Waals surface area contributed by atoms with Crippen LogP contribution in [-0.4, -0.2) is 16.1 Å². The van der Waals surface area contributed by atoms with Gasteiger partial charge in [-0.25, -0.2) is 4.98 Å². The van der Waals surface area contributed by atoms with E-state index in [-0.39, 0.29) is 0 Å². The minimum absolute atomic E-state index is 0.335. The third-order valence-corrected chi connectivity index (χ3v) is 2.96. The van der Waals surface area contributed by atoms with E-state index in [1.165, 1.54) is 5.56 Å². The van der Waals surface area contributed by atoms with Gasteiger partial charge in [0.15, 0.2) is 0 Å². The highest BCUT2D eigenvalue weighted by Crippen LogP contribution is 2.16. The van der Waals surface area contributed by atoms with E-state index in [1.807, 2.05) is 25.5 Å². The minimum atomic E-state index is 0.335. The van der Waals surface area contributed by atoms with Gasteiger partial charge in [-0.05, 0) is 12.1 Å². The molecule has 2 rings (SSSR count). The summed E-state index contributed by atoms with van der Waals surface area (Å²) in [6.45, 7) is 3.10. The second kappa shape index (κ2) is 5.64. The van der Waals surface area contributed by atoms with Gasteiger partial charge in [0.2, 0.25) is 0 Å². The molecular weight excluding hydrogens is 210 g/mol. The molecule has 0 saturated carbocycles. The third kappa shape index (κ3) is 2.94. The van der Waals surface area contributed by atoms with Gasteiger partial charge in [0.25, 0.3) is 0 Å². The maximum Gasteiger partial charge on any atom is 0.110 e. The van der Waals surface area contributed by atoms with E-state index in [0.29, 0.717) is 6.04 Å². The molecule has 1 aromatic heterocycles. The molecule has 0 spiro atoms. The number of rotatable bonds is 5. The Morgan fingerprint density at radius 3 is 2.65 bits per heavy atom. The molecule has 90 valence electrons. The molecular formula is C14H19N3. The van der Waals surface area contributed by atoms with E-state index in [2.05, 4.69) is 46.1 Å². The number of aryl methyl sites for hydroxylation is 1. The first-order valence-electron chi connectivity index (χ1n) is 6.05. The summed E-state index contributed by atoms with van der Waals surface area (Å²) in [6, 6.07) is 10.9. The maximum absolute atomic E-state index is 4.39. The van der Waals surface area contributed by atoms with Crippen LogP contribution in [-0.2, 0) is 13.5 Å². The smallest absolute Gasteiger partial charge is 0.110 e. The van der Waals surface area contributed by atoms with Crippen molar-refractivity contribution in [2.24, 2.45) is 7.05 Å². The van der Waals surface area contributed by atoms with E-state index in [0.717, 1.165) is 18.8 Å². The Morgan fingerprint density at radius 1 is 1.29 bits per heavy atom. The predicted molar refractivity (Wildman–Crippen MR) is 69.8 cm³/mol. The molecule has 0 saturated heterocycles. The fraction of sp³-hybridized carbons (Fsp3) is 0.357. The summed E-state index contributed by atoms with van der Waals surface area (Å²) in [5.74, 6) is 1.11. The Kier molecular flexibility index (Phi) is 3.94. The molecule has 17 heavy (non-hydrogen) atoms. The van der Waals surface area contributed by atoms with E-state index in [4.69, 9.17) is 0 Å². The van der Waals surface area contributed by atoms with Gasteiger partial charge in [-0.1, -0.05) is 37.3 Å². The van der Waals surface area contributed by atoms with Crippen LogP contribution in [0, 0.1) is 0 Å². The van der Waals surface area contributed by atoms with E-state index in [1.54, 1.807) is 0 Å². The maximum atomic E-state index is 4.39. The fourth-order valence-corrected chi connectivity index (χ4v) is 2.02. The zero-order valence-electron chi connectivity index (χ0n) is 10.4. The summed E-state index contributed by atoms with van der Waals surface area (Å²) in [6.07, 6.45) is 4.76. The average molecular weight is 229 g/mol. The third-order valence-electron chi connectivity index (χ3n) is 2.96. The van der Waals surface area contributed by atoms with Gasteiger partial charge < -0.3 is 9.88 Å². The highest BCUT2D eigenvalue weighted by atomic mass is 15.0. The number of likely N-dealkylation sites (N-methyl/N-ethyl adjacent to an activating group) is 1. The Labute approximate surface area is 103 Å². The molecule has 3 heteroatoms. The monoisotopic (exact) mass is 229 g/mol. The molecule has 3 nitrogen and oxygen atoms in total. The van der Waals surface area contributed by atoms with Crippen LogP contribution in [0.2, 0.25) is 0 Å². The van der Waals surface area contributed by atoms with Crippen molar-refractivity contribution in [3.8, 4) is 0 Å². The van der Waals surface area contributed by atoms with Crippen LogP contribution in [0.4, 0.5) is 0 Å². The average Bonchev–Trinajstić information content (AvgIpc) is 2.76. The molecule has 1 aromatic carbocycles. The van der Waals surface area contributed by atoms with E-state index >= 15 is 0 Å². The van der Waals surface area contributed by atoms with Crippen LogP contribution < -0.4 is 5.32 Å². The van der Waals surface area contributed by atoms with Crippen LogP contribution in [0.15, 0.2) is 42.7 Å². The van der Waals surface area contributed by atoms with Gasteiger partial charge in [0.05, 0.1) is 0 Å². The second-order valence-electron chi connectivity index (χ2n) is 4.18. The molecule has 0 amide bonds. The van der Waals surface area contributed by atoms with Gasteiger partial charge in [0, 0.05) is 31.9 Å². The Bertz CT molecular complexity index is 448. The van der Waals surface area contributed by atoms with Crippen LogP contribution in [0.5, 0.6) is 0 Å². The van der Waals surface area contributed by atoms with Crippen molar-refractivity contribution in [1.29, 1.82) is 0 Å². The number of hydrogen-bond acceptors (Lipinski definition) is 2. The zero-order chi connectivity index (χ0) is 12.1. The number of nitrogens with one attached hydrogen (secondary N) is 1. The zero-order valence-corrected chi connectivity index (χ0v) is 10.4. The van der Waals surface area contributed by atoms with Gasteiger partial charge in [-0.15, -0.1) is 0 Å². The van der Waals surface area contributed by atoms with Crippen molar-refractivity contribution in [1.82, 2.24) is 14.9 Å². The number of hydrogen-bond donors (Lipinski definition) is 1. The highest BCUT2D eigenvalue weighted by molar-refractivity contribution is 5.20. The Hall–Kier alpha value is -1.61. The van der Waals surface area contributed by atoms with Crippen LogP contribution >= 0.6 is 0 Å². The van der Waals surface area contributed by atoms with Crippen LogP contribution in [0.3, 0.4) is 0 Å². The molecule has 1 unspecified atom stereocenters. The summed E-state index contributed by atoms with van der Waals surface area (Å²) in [5.41, 5.74) is 1.32. The Balaban J connectivity index is 2.16. The van der Waals surface area contributed by atoms with Gasteiger partial charge >= 0.3 is 0 Å². The minimum Gasteiger partial charge on any atom is -0.338 e. The molecule has 0 aliphatic heterocycles. The van der Waals surface area contributed by atoms with Crippen LogP contribution in [0.25, 0.3) is 0 Å². The predicted octanol–water partition coefficient (Wildman–Crippen LogP) is 2.31. The van der Waals surface area contributed by atoms with Crippen molar-refractivity contribution >= 4 is 0 Å². The quantitative estimate of drug-likeness (QED) is 0.852. The summed E-state index contributed by atoms with van der Waals surface area (Å²) < 4.78 is 2.08. The molecule has 0 fully saturated rings. The van der Waals surface area contributed by atoms with E-state index < -0.39 is 0 Å². The topological polar surface area (TPSA) is 29.9 Å². The Morgan fingerprint density at radius 2 is 2.06 bits per heavy atom. The lowest BCUT2D eigenvalue weighted by Crippen LogP contribution is -2.24. The fourth-order valence-electron chi connectivity index (χ4n) is 2.02. The normalized spacial score (nSPS) is 12.6. The molecule has 1 atom stereocenters. The summed E-state index contributed by atoms with van der Waals surface area (Å²) >= 11 is 0. The largest absolute Gasteiger partial charge is 0.338 e. The first kappa shape index (κ1) is 11.9. The van der Waals surface area contributed by atoms with Crippen molar-refractivity contribution in [2.75, 3.05) is 6.54 Å². The van der Waals surface area contributed by atoms with Crippen molar-refractivity contribution < 1.29 is 0 Å². The standard InChI is InChI=1S/C14H19N3/c1-3-15-13(12-7-5-4-6-8-12)11-14-16-9-10-17(14)2/h4-10,13,15H,3,11H2,1-2H3. The molecule has 1 N–H and O–H groups in total. The molecule has 2 aromatic rings. The van der Waals surface area contributed by atoms with Crippen molar-refractivity contribution in [3.63, 3.8) is 0 Å². The lowest BCUT2D eigenvalue weighted by molar-refractivity contribution is 0.529. The van der Waals surface area contributed by atoms with Gasteiger partial charge in [0.1, 0.15) is 5.82 Å². The second-order valence-corrected chi connectivity index (χ2v) is 4.18. The molecule has 0 aliphatic rings. The van der Waals surface area contributed by atoms with Crippen LogP contribution in [0.1, 0.15) is 24.4 Å². The highest BCUT2D eigenvalue weighted by Gasteiger charge is 2.12. The van der Waals surface area contributed by atoms with Gasteiger partial charge in [-0.2, -0.15) is 0 Å². The lowest BCUT2D eigenvalue weighted by atomic mass is 10.0. The van der Waals surface area contributed by atoms with Gasteiger partial charge in [-0.3, -0.25) is 0 Å². The first-order valence-corrected chi connectivity index (χ1v) is 6.05. The summed E-state index contributed by atoms with van der Waals surface area (Å²) in [7, 11) is 2.04. The number of imidazole rings is 1. The molecule has 0 bridgehead atoms. The lowest BCUT2D eigenvalue weighted by Gasteiger charge is -2.18. The molecule has 0 aliphatic carbocycles. The van der Waals surface area contributed by atoms with Crippen molar-refractivity contribution in [2.45, 2.75) is 19.4 Å². The molecule has 0 radical (unpaired) electrons. The SMILES string of the molecule is CCNC(Cc1nccn1C)c1ccccc1. The van der Waals surface area contributed by atoms with Crippen molar-refractivity contribution in [3.05, 3.63) is 54.1 Å². The number of benzene rings is 1. The number of nitrogens with zero attached hydrogens (tertiary/aromatic N) is 2. The summed E-state index contributed by atoms with van der Waals surface area (Å²) in [5, 5.41) is 3.51. The van der Waals surface area contributed by atoms with E-state index in [9.17, 15) is 0 Å². The molecule has 1 heterocycles. The summed E-state index contributed by atoms with van der Waals surface area (Å²) in [4.78, 5) is 4.39. The number of aromatic nitrogens is 2.